The Balaban J connectivity index is 2.70. The molecule has 0 unspecified atom stereocenters. The summed E-state index contributed by atoms with van der Waals surface area (Å²) >= 11 is 6.86. The van der Waals surface area contributed by atoms with Crippen molar-refractivity contribution in [3.05, 3.63) is 68.6 Å². The third-order valence-corrected chi connectivity index (χ3v) is 5.66. The van der Waals surface area contributed by atoms with Gasteiger partial charge in [-0.25, -0.2) is 0 Å². The van der Waals surface area contributed by atoms with Crippen LogP contribution >= 0.6 is 31.9 Å². The Bertz CT molecular complexity index is 867. The van der Waals surface area contributed by atoms with Crippen LogP contribution in [-0.4, -0.2) is 25.3 Å². The fourth-order valence-corrected chi connectivity index (χ4v) is 4.15. The Labute approximate surface area is 162 Å². The van der Waals surface area contributed by atoms with Crippen molar-refractivity contribution in [3.63, 3.8) is 0 Å². The maximum atomic E-state index is 11.4. The van der Waals surface area contributed by atoms with Gasteiger partial charge in [0.15, 0.2) is 0 Å². The molecule has 0 fully saturated rings. The lowest BCUT2D eigenvalue weighted by Gasteiger charge is -2.32. The maximum Gasteiger partial charge on any atom is 0.264 e. The van der Waals surface area contributed by atoms with Crippen LogP contribution < -0.4 is 4.91 Å². The first-order valence-corrected chi connectivity index (χ1v) is 10.5. The summed E-state index contributed by atoms with van der Waals surface area (Å²) in [5.74, 6) is -0.431. The summed E-state index contributed by atoms with van der Waals surface area (Å²) in [6.07, 6.45) is 0.0950. The minimum Gasteiger partial charge on any atom is -0.286 e. The highest BCUT2D eigenvalue weighted by atomic mass is 79.9. The molecule has 0 heterocycles. The van der Waals surface area contributed by atoms with Gasteiger partial charge in [0.1, 0.15) is 17.2 Å². The van der Waals surface area contributed by atoms with E-state index in [1.807, 2.05) is 48.5 Å². The first-order valence-electron chi connectivity index (χ1n) is 7.27. The van der Waals surface area contributed by atoms with Gasteiger partial charge >= 0.3 is 0 Å². The van der Waals surface area contributed by atoms with Crippen LogP contribution in [0.3, 0.4) is 0 Å². The lowest BCUT2D eigenvalue weighted by molar-refractivity contribution is 0.454. The van der Waals surface area contributed by atoms with Gasteiger partial charge in [0, 0.05) is 14.4 Å². The summed E-state index contributed by atoms with van der Waals surface area (Å²) in [4.78, 5) is 3.10. The van der Waals surface area contributed by atoms with Crippen molar-refractivity contribution in [2.45, 2.75) is 11.8 Å². The molecule has 9 heteroatoms. The maximum absolute atomic E-state index is 11.4. The zero-order chi connectivity index (χ0) is 18.5. The molecule has 2 N–H and O–H groups in total. The molecule has 0 aromatic heterocycles. The third-order valence-electron chi connectivity index (χ3n) is 3.95. The topological polar surface area (TPSA) is 105 Å². The number of benzene rings is 2. The van der Waals surface area contributed by atoms with E-state index in [-0.39, 0.29) is 13.0 Å². The first kappa shape index (κ1) is 19.9. The number of nitrogens with zero attached hydrogens (tertiary/aromatic N) is 2. The molecule has 2 aromatic carbocycles. The molecule has 0 saturated carbocycles. The quantitative estimate of drug-likeness (QED) is 0.343. The van der Waals surface area contributed by atoms with Gasteiger partial charge in [0.05, 0.1) is 5.75 Å². The number of rotatable bonds is 7. The molecule has 0 aliphatic heterocycles. The monoisotopic (exact) mass is 488 g/mol. The fourth-order valence-electron chi connectivity index (χ4n) is 2.75. The van der Waals surface area contributed by atoms with Crippen LogP contribution in [0.5, 0.6) is 0 Å². The van der Waals surface area contributed by atoms with E-state index in [0.29, 0.717) is 0 Å². The van der Waals surface area contributed by atoms with Crippen LogP contribution in [0.1, 0.15) is 17.5 Å². The highest BCUT2D eigenvalue weighted by Crippen LogP contribution is 2.38. The molecule has 0 amide bonds. The molecule has 0 atom stereocenters. The van der Waals surface area contributed by atoms with E-state index in [0.717, 1.165) is 20.1 Å². The van der Waals surface area contributed by atoms with Gasteiger partial charge in [-0.3, -0.25) is 4.55 Å². The lowest BCUT2D eigenvalue weighted by atomic mass is 9.72. The third kappa shape index (κ3) is 5.29. The molecule has 0 radical (unpaired) electrons. The summed E-state index contributed by atoms with van der Waals surface area (Å²) < 4.78 is 33.7. The predicted octanol–water partition coefficient (Wildman–Crippen LogP) is 4.33. The summed E-state index contributed by atoms with van der Waals surface area (Å²) in [6, 6.07) is 14.9. The minimum atomic E-state index is -4.16. The van der Waals surface area contributed by atoms with Crippen molar-refractivity contribution >= 4 is 42.0 Å². The molecule has 0 saturated heterocycles. The largest absolute Gasteiger partial charge is 0.286 e. The Morgan fingerprint density at radius 2 is 1.60 bits per heavy atom. The number of nitrogens with one attached hydrogen (secondary N) is 1. The first-order chi connectivity index (χ1) is 11.8. The van der Waals surface area contributed by atoms with E-state index in [9.17, 15) is 13.0 Å². The molecule has 132 valence electrons. The molecule has 0 aliphatic carbocycles. The standard InChI is InChI=1S/C16H15Br2N3O3S/c17-14-5-1-3-12(9-14)16(11-20-21-19,7-8-25(22,23)24)13-4-2-6-15(18)10-13/h1-6,9-10,19H,7-8,11H2/p+1. The Kier molecular flexibility index (Phi) is 6.65. The van der Waals surface area contributed by atoms with Crippen molar-refractivity contribution in [1.82, 2.24) is 4.91 Å². The van der Waals surface area contributed by atoms with Crippen LogP contribution in [0, 0.1) is 5.53 Å². The van der Waals surface area contributed by atoms with Crippen LogP contribution in [0.15, 0.2) is 62.6 Å². The van der Waals surface area contributed by atoms with Crippen LogP contribution in [0.2, 0.25) is 0 Å². The smallest absolute Gasteiger partial charge is 0.264 e. The van der Waals surface area contributed by atoms with E-state index in [4.69, 9.17) is 5.53 Å². The molecular weight excluding hydrogens is 474 g/mol. The number of hydrogen-bond acceptors (Lipinski definition) is 4. The summed E-state index contributed by atoms with van der Waals surface area (Å²) in [6.45, 7) is 0.0823. The van der Waals surface area contributed by atoms with Crippen molar-refractivity contribution < 1.29 is 13.0 Å². The SMILES string of the molecule is N=[N+]=NCC(CCS(=O)(=O)O)(c1cccc(Br)c1)c1cccc(Br)c1. The van der Waals surface area contributed by atoms with Gasteiger partial charge in [-0.15, -0.1) is 0 Å². The van der Waals surface area contributed by atoms with E-state index < -0.39 is 21.3 Å². The molecular formula is C16H16Br2N3O3S+. The highest BCUT2D eigenvalue weighted by molar-refractivity contribution is 9.10. The minimum absolute atomic E-state index is 0.0823. The average molecular weight is 490 g/mol. The fraction of sp³-hybridized carbons (Fsp3) is 0.250. The van der Waals surface area contributed by atoms with Gasteiger partial charge in [-0.1, -0.05) is 56.1 Å². The zero-order valence-corrected chi connectivity index (χ0v) is 17.1. The Morgan fingerprint density at radius 1 is 1.08 bits per heavy atom. The van der Waals surface area contributed by atoms with Gasteiger partial charge in [-0.2, -0.15) is 8.42 Å². The van der Waals surface area contributed by atoms with Crippen molar-refractivity contribution in [1.29, 1.82) is 5.53 Å². The molecule has 0 bridgehead atoms. The molecule has 2 rings (SSSR count). The second-order valence-corrected chi connectivity index (χ2v) is 8.94. The Hall–Kier alpha value is -1.38. The molecule has 25 heavy (non-hydrogen) atoms. The normalized spacial score (nSPS) is 11.8. The predicted molar refractivity (Wildman–Crippen MR) is 102 cm³/mol. The van der Waals surface area contributed by atoms with Crippen molar-refractivity contribution in [2.75, 3.05) is 12.3 Å². The van der Waals surface area contributed by atoms with E-state index in [1.54, 1.807) is 0 Å². The van der Waals surface area contributed by atoms with Crippen LogP contribution in [-0.2, 0) is 15.5 Å². The lowest BCUT2D eigenvalue weighted by Crippen LogP contribution is -2.34. The number of halogens is 2. The second-order valence-electron chi connectivity index (χ2n) is 5.54. The molecule has 6 nitrogen and oxygen atoms in total. The highest BCUT2D eigenvalue weighted by Gasteiger charge is 2.37. The Morgan fingerprint density at radius 3 is 2.00 bits per heavy atom. The molecule has 2 aromatic rings. The molecule has 0 aliphatic rings. The number of hydrogen-bond donors (Lipinski definition) is 2. The second kappa shape index (κ2) is 8.33. The van der Waals surface area contributed by atoms with Crippen LogP contribution in [0.4, 0.5) is 0 Å². The van der Waals surface area contributed by atoms with Crippen molar-refractivity contribution in [3.8, 4) is 0 Å². The summed E-state index contributed by atoms with van der Waals surface area (Å²) in [7, 11) is -4.16. The van der Waals surface area contributed by atoms with Gasteiger partial charge in [0.25, 0.3) is 10.1 Å². The van der Waals surface area contributed by atoms with Crippen molar-refractivity contribution in [2.24, 2.45) is 5.11 Å². The van der Waals surface area contributed by atoms with Gasteiger partial charge in [-0.05, 0) is 41.8 Å². The summed E-state index contributed by atoms with van der Waals surface area (Å²) in [5.41, 5.74) is 7.80. The van der Waals surface area contributed by atoms with E-state index in [1.165, 1.54) is 0 Å². The van der Waals surface area contributed by atoms with E-state index in [2.05, 4.69) is 41.9 Å². The summed E-state index contributed by atoms with van der Waals surface area (Å²) in [5, 5.41) is 3.84. The average Bonchev–Trinajstić information content (AvgIpc) is 2.54. The van der Waals surface area contributed by atoms with Crippen LogP contribution in [0.25, 0.3) is 0 Å². The van der Waals surface area contributed by atoms with Gasteiger partial charge < -0.3 is 0 Å². The van der Waals surface area contributed by atoms with E-state index >= 15 is 0 Å². The molecule has 0 spiro atoms. The zero-order valence-electron chi connectivity index (χ0n) is 13.1. The van der Waals surface area contributed by atoms with Gasteiger partial charge in [0.2, 0.25) is 4.91 Å².